The van der Waals surface area contributed by atoms with E-state index in [-0.39, 0.29) is 23.3 Å². The Hall–Kier alpha value is -1.40. The molecular formula is C25H38N2O3S. The van der Waals surface area contributed by atoms with E-state index in [1.165, 1.54) is 25.7 Å². The van der Waals surface area contributed by atoms with Gasteiger partial charge in [-0.15, -0.1) is 0 Å². The van der Waals surface area contributed by atoms with Gasteiger partial charge in [-0.3, -0.25) is 4.79 Å². The molecular weight excluding hydrogens is 408 g/mol. The molecule has 1 N–H and O–H groups in total. The van der Waals surface area contributed by atoms with Gasteiger partial charge in [-0.25, -0.2) is 8.42 Å². The summed E-state index contributed by atoms with van der Waals surface area (Å²) in [5.41, 5.74) is 1.11. The molecule has 2 aliphatic carbocycles. The quantitative estimate of drug-likeness (QED) is 0.732. The molecule has 1 aromatic rings. The van der Waals surface area contributed by atoms with E-state index >= 15 is 0 Å². The third-order valence-corrected chi connectivity index (χ3v) is 9.90. The fourth-order valence-electron chi connectivity index (χ4n) is 5.99. The van der Waals surface area contributed by atoms with Crippen LogP contribution in [0.1, 0.15) is 71.8 Å². The highest BCUT2D eigenvalue weighted by Gasteiger charge is 2.42. The fraction of sp³-hybridized carbons (Fsp3) is 0.720. The van der Waals surface area contributed by atoms with Crippen molar-refractivity contribution in [1.29, 1.82) is 0 Å². The predicted molar refractivity (Wildman–Crippen MR) is 123 cm³/mol. The second-order valence-electron chi connectivity index (χ2n) is 11.1. The maximum Gasteiger partial charge on any atom is 0.243 e. The van der Waals surface area contributed by atoms with Crippen molar-refractivity contribution in [3.63, 3.8) is 0 Å². The number of carbonyl (C=O) groups excluding carboxylic acids is 1. The lowest BCUT2D eigenvalue weighted by Crippen LogP contribution is -2.47. The highest BCUT2D eigenvalue weighted by atomic mass is 32.2. The number of benzene rings is 1. The molecule has 3 fully saturated rings. The topological polar surface area (TPSA) is 66.5 Å². The second-order valence-corrected chi connectivity index (χ2v) is 13.0. The summed E-state index contributed by atoms with van der Waals surface area (Å²) in [7, 11) is -3.51. The largest absolute Gasteiger partial charge is 0.353 e. The Kier molecular flexibility index (Phi) is 6.25. The SMILES string of the molecule is C[C@H](NC(=O)C1CCN(S(=O)(=O)c2ccc(C(C)(C)C)cc2)CC1)[C@@H]1C[C@H]2CC[C@H]1C2. The number of sulfonamides is 1. The number of carbonyl (C=O) groups is 1. The molecule has 2 bridgehead atoms. The lowest BCUT2D eigenvalue weighted by Gasteiger charge is -2.33. The highest BCUT2D eigenvalue weighted by molar-refractivity contribution is 7.89. The van der Waals surface area contributed by atoms with E-state index in [0.29, 0.717) is 36.7 Å². The van der Waals surface area contributed by atoms with Gasteiger partial charge in [0.05, 0.1) is 4.90 Å². The van der Waals surface area contributed by atoms with Gasteiger partial charge in [-0.1, -0.05) is 39.3 Å². The molecule has 4 rings (SSSR count). The molecule has 31 heavy (non-hydrogen) atoms. The summed E-state index contributed by atoms with van der Waals surface area (Å²) in [5, 5.41) is 3.28. The van der Waals surface area contributed by atoms with Gasteiger partial charge >= 0.3 is 0 Å². The second kappa shape index (κ2) is 8.51. The van der Waals surface area contributed by atoms with Gasteiger partial charge < -0.3 is 5.32 Å². The summed E-state index contributed by atoms with van der Waals surface area (Å²) in [5.74, 6) is 2.31. The lowest BCUT2D eigenvalue weighted by molar-refractivity contribution is -0.127. The van der Waals surface area contributed by atoms with E-state index in [9.17, 15) is 13.2 Å². The maximum absolute atomic E-state index is 13.1. The predicted octanol–water partition coefficient (Wildman–Crippen LogP) is 4.33. The smallest absolute Gasteiger partial charge is 0.243 e. The first-order chi connectivity index (χ1) is 14.6. The molecule has 172 valence electrons. The minimum absolute atomic E-state index is 0.0107. The maximum atomic E-state index is 13.1. The summed E-state index contributed by atoms with van der Waals surface area (Å²) in [6.07, 6.45) is 6.48. The van der Waals surface area contributed by atoms with Crippen LogP contribution in [0.25, 0.3) is 0 Å². The zero-order chi connectivity index (χ0) is 22.4. The van der Waals surface area contributed by atoms with Gasteiger partial charge in [-0.2, -0.15) is 4.31 Å². The number of nitrogens with zero attached hydrogens (tertiary/aromatic N) is 1. The summed E-state index contributed by atoms with van der Waals surface area (Å²) in [6, 6.07) is 7.47. The molecule has 6 heteroatoms. The minimum Gasteiger partial charge on any atom is -0.353 e. The number of hydrogen-bond acceptors (Lipinski definition) is 3. The average Bonchev–Trinajstić information content (AvgIpc) is 3.37. The number of amides is 1. The molecule has 1 aromatic carbocycles. The van der Waals surface area contributed by atoms with Crippen LogP contribution in [0.2, 0.25) is 0 Å². The van der Waals surface area contributed by atoms with Gasteiger partial charge in [0.15, 0.2) is 0 Å². The number of nitrogens with one attached hydrogen (secondary N) is 1. The molecule has 1 heterocycles. The van der Waals surface area contributed by atoms with Crippen LogP contribution in [-0.4, -0.2) is 37.8 Å². The molecule has 0 spiro atoms. The van der Waals surface area contributed by atoms with Gasteiger partial charge in [0, 0.05) is 25.0 Å². The Morgan fingerprint density at radius 2 is 1.68 bits per heavy atom. The van der Waals surface area contributed by atoms with Crippen molar-refractivity contribution in [2.24, 2.45) is 23.7 Å². The van der Waals surface area contributed by atoms with Crippen LogP contribution in [0.3, 0.4) is 0 Å². The zero-order valence-electron chi connectivity index (χ0n) is 19.4. The number of fused-ring (bicyclic) bond motifs is 2. The third-order valence-electron chi connectivity index (χ3n) is 7.99. The summed E-state index contributed by atoms with van der Waals surface area (Å²) >= 11 is 0. The van der Waals surface area contributed by atoms with E-state index in [0.717, 1.165) is 17.4 Å². The number of piperidine rings is 1. The van der Waals surface area contributed by atoms with Gasteiger partial charge in [-0.05, 0) is 79.9 Å². The summed E-state index contributed by atoms with van der Waals surface area (Å²) < 4.78 is 27.7. The van der Waals surface area contributed by atoms with Crippen LogP contribution in [-0.2, 0) is 20.2 Å². The van der Waals surface area contributed by atoms with Gasteiger partial charge in [0.1, 0.15) is 0 Å². The highest BCUT2D eigenvalue weighted by Crippen LogP contribution is 2.49. The Bertz CT molecular complexity index is 896. The van der Waals surface area contributed by atoms with Crippen molar-refractivity contribution < 1.29 is 13.2 Å². The first-order valence-electron chi connectivity index (χ1n) is 12.0. The third kappa shape index (κ3) is 4.70. The standard InChI is InChI=1S/C25H38N2O3S/c1-17(23-16-18-5-6-20(23)15-18)26-24(28)19-11-13-27(14-12-19)31(29,30)22-9-7-21(8-10-22)25(2,3)4/h7-10,17-20,23H,5-6,11-16H2,1-4H3,(H,26,28)/t17-,18-,20-,23-/m0/s1. The molecule has 3 aliphatic rings. The van der Waals surface area contributed by atoms with Crippen molar-refractivity contribution in [2.45, 2.75) is 82.6 Å². The fourth-order valence-corrected chi connectivity index (χ4v) is 7.46. The monoisotopic (exact) mass is 446 g/mol. The van der Waals surface area contributed by atoms with Crippen LogP contribution in [0, 0.1) is 23.7 Å². The molecule has 0 unspecified atom stereocenters. The Morgan fingerprint density at radius 3 is 2.19 bits per heavy atom. The Balaban J connectivity index is 1.32. The average molecular weight is 447 g/mol. The van der Waals surface area contributed by atoms with Crippen molar-refractivity contribution in [2.75, 3.05) is 13.1 Å². The first-order valence-corrected chi connectivity index (χ1v) is 13.4. The van der Waals surface area contributed by atoms with E-state index < -0.39 is 10.0 Å². The number of rotatable bonds is 5. The lowest BCUT2D eigenvalue weighted by atomic mass is 9.83. The molecule has 4 atom stereocenters. The minimum atomic E-state index is -3.51. The molecule has 0 aromatic heterocycles. The summed E-state index contributed by atoms with van der Waals surface area (Å²) in [6.45, 7) is 9.32. The Morgan fingerprint density at radius 1 is 1.03 bits per heavy atom. The molecule has 1 saturated heterocycles. The van der Waals surface area contributed by atoms with Crippen LogP contribution >= 0.6 is 0 Å². The molecule has 2 saturated carbocycles. The van der Waals surface area contributed by atoms with E-state index in [1.54, 1.807) is 16.4 Å². The summed E-state index contributed by atoms with van der Waals surface area (Å²) in [4.78, 5) is 13.2. The van der Waals surface area contributed by atoms with Gasteiger partial charge in [0.25, 0.3) is 0 Å². The zero-order valence-corrected chi connectivity index (χ0v) is 20.2. The molecule has 1 amide bonds. The van der Waals surface area contributed by atoms with Crippen LogP contribution in [0.15, 0.2) is 29.2 Å². The van der Waals surface area contributed by atoms with Crippen LogP contribution in [0.5, 0.6) is 0 Å². The van der Waals surface area contributed by atoms with Crippen molar-refractivity contribution in [3.8, 4) is 0 Å². The van der Waals surface area contributed by atoms with Crippen LogP contribution in [0.4, 0.5) is 0 Å². The van der Waals surface area contributed by atoms with Crippen LogP contribution < -0.4 is 5.32 Å². The van der Waals surface area contributed by atoms with Crippen molar-refractivity contribution >= 4 is 15.9 Å². The molecule has 5 nitrogen and oxygen atoms in total. The van der Waals surface area contributed by atoms with Gasteiger partial charge in [0.2, 0.25) is 15.9 Å². The van der Waals surface area contributed by atoms with Crippen molar-refractivity contribution in [3.05, 3.63) is 29.8 Å². The Labute approximate surface area is 188 Å². The normalized spacial score (nSPS) is 28.6. The number of hydrogen-bond donors (Lipinski definition) is 1. The molecule has 0 radical (unpaired) electrons. The van der Waals surface area contributed by atoms with E-state index in [4.69, 9.17) is 0 Å². The van der Waals surface area contributed by atoms with E-state index in [2.05, 4.69) is 33.0 Å². The van der Waals surface area contributed by atoms with Crippen molar-refractivity contribution in [1.82, 2.24) is 9.62 Å². The first kappa shape index (κ1) is 22.8. The van der Waals surface area contributed by atoms with E-state index in [1.807, 2.05) is 12.1 Å². The molecule has 1 aliphatic heterocycles.